The first kappa shape index (κ1) is 22.1. The van der Waals surface area contributed by atoms with Gasteiger partial charge < -0.3 is 14.7 Å². The Morgan fingerprint density at radius 3 is 2.52 bits per heavy atom. The van der Waals surface area contributed by atoms with E-state index in [2.05, 4.69) is 31.2 Å². The van der Waals surface area contributed by atoms with Gasteiger partial charge in [-0.05, 0) is 59.9 Å². The van der Waals surface area contributed by atoms with Crippen LogP contribution in [0.4, 0.5) is 4.39 Å². The Bertz CT molecular complexity index is 922. The number of ether oxygens (including phenoxy) is 1. The van der Waals surface area contributed by atoms with Gasteiger partial charge in [-0.1, -0.05) is 37.3 Å². The number of aryl methyl sites for hydroxylation is 1. The first-order valence-electron chi connectivity index (χ1n) is 9.64. The van der Waals surface area contributed by atoms with Crippen LogP contribution in [0.2, 0.25) is 0 Å². The van der Waals surface area contributed by atoms with Crippen molar-refractivity contribution in [2.75, 3.05) is 6.61 Å². The molecule has 0 bridgehead atoms. The van der Waals surface area contributed by atoms with E-state index in [9.17, 15) is 14.4 Å². The number of benzene rings is 2. The predicted molar refractivity (Wildman–Crippen MR) is 119 cm³/mol. The Balaban J connectivity index is 1.79. The van der Waals surface area contributed by atoms with E-state index in [1.165, 1.54) is 28.1 Å². The van der Waals surface area contributed by atoms with Crippen LogP contribution in [0.25, 0.3) is 10.4 Å². The number of hydrogen-bond acceptors (Lipinski definition) is 4. The van der Waals surface area contributed by atoms with Crippen LogP contribution < -0.4 is 0 Å². The van der Waals surface area contributed by atoms with Gasteiger partial charge in [0.1, 0.15) is 11.7 Å². The largest absolute Gasteiger partial charge is 0.394 e. The van der Waals surface area contributed by atoms with Crippen molar-refractivity contribution in [2.45, 2.75) is 38.6 Å². The molecule has 0 aliphatic rings. The minimum atomic E-state index is -0.426. The summed E-state index contributed by atoms with van der Waals surface area (Å²) in [5, 5.41) is 9.40. The van der Waals surface area contributed by atoms with E-state index in [1.807, 2.05) is 13.0 Å². The molecular weight excluding hydrogens is 406 g/mol. The van der Waals surface area contributed by atoms with Gasteiger partial charge in [-0.3, -0.25) is 0 Å². The van der Waals surface area contributed by atoms with E-state index in [0.717, 1.165) is 22.4 Å². The topological polar surface area (TPSA) is 49.7 Å². The van der Waals surface area contributed by atoms with Gasteiger partial charge in [-0.15, -0.1) is 11.3 Å². The van der Waals surface area contributed by atoms with Crippen LogP contribution in [0.15, 0.2) is 54.6 Å². The molecule has 0 aliphatic carbocycles. The van der Waals surface area contributed by atoms with Crippen LogP contribution in [0.5, 0.6) is 0 Å². The predicted octanol–water partition coefficient (Wildman–Crippen LogP) is 5.83. The van der Waals surface area contributed by atoms with Crippen LogP contribution >= 0.6 is 20.1 Å². The zero-order valence-corrected chi connectivity index (χ0v) is 18.4. The van der Waals surface area contributed by atoms with Crippen LogP contribution in [0.1, 0.15) is 40.8 Å². The molecule has 0 saturated heterocycles. The van der Waals surface area contributed by atoms with Gasteiger partial charge in [0.15, 0.2) is 0 Å². The third kappa shape index (κ3) is 5.71. The molecule has 0 fully saturated rings. The van der Waals surface area contributed by atoms with E-state index in [0.29, 0.717) is 6.42 Å². The summed E-state index contributed by atoms with van der Waals surface area (Å²) in [5.41, 5.74) is 4.30. The summed E-state index contributed by atoms with van der Waals surface area (Å²) >= 11 is 1.70. The normalized spacial score (nSPS) is 13.8. The summed E-state index contributed by atoms with van der Waals surface area (Å²) in [6, 6.07) is 16.9. The monoisotopic (exact) mass is 432 g/mol. The Kier molecular flexibility index (Phi) is 7.93. The van der Waals surface area contributed by atoms with E-state index >= 15 is 0 Å². The zero-order valence-electron chi connectivity index (χ0n) is 16.6. The third-order valence-electron chi connectivity index (χ3n) is 4.94. The maximum absolute atomic E-state index is 13.2. The Labute approximate surface area is 177 Å². The van der Waals surface area contributed by atoms with Gasteiger partial charge in [0, 0.05) is 25.0 Å². The van der Waals surface area contributed by atoms with Crippen molar-refractivity contribution >= 4 is 20.1 Å². The Morgan fingerprint density at radius 1 is 1.10 bits per heavy atom. The lowest BCUT2D eigenvalue weighted by Crippen LogP contribution is -2.18. The minimum absolute atomic E-state index is 0.0580. The average molecular weight is 432 g/mol. The van der Waals surface area contributed by atoms with E-state index in [1.54, 1.807) is 23.5 Å². The maximum atomic E-state index is 13.2. The van der Waals surface area contributed by atoms with Crippen LogP contribution in [-0.2, 0) is 11.2 Å². The quantitative estimate of drug-likeness (QED) is 0.419. The number of thiophene rings is 1. The number of hydrogen-bond donors (Lipinski definition) is 2. The first-order valence-corrected chi connectivity index (χ1v) is 11.5. The molecule has 2 N–H and O–H groups in total. The lowest BCUT2D eigenvalue weighted by molar-refractivity contribution is -0.00761. The third-order valence-corrected chi connectivity index (χ3v) is 6.77. The van der Waals surface area contributed by atoms with E-state index in [-0.39, 0.29) is 18.5 Å². The van der Waals surface area contributed by atoms with Crippen LogP contribution in [0.3, 0.4) is 0 Å². The van der Waals surface area contributed by atoms with Gasteiger partial charge in [-0.25, -0.2) is 4.39 Å². The lowest BCUT2D eigenvalue weighted by atomic mass is 10.0. The fourth-order valence-corrected chi connectivity index (χ4v) is 4.74. The SMILES string of the molecule is CCC(CO)OC(PO)c1ccc(C)c(Cc2ccc(-c3ccc(F)cc3)s2)c1. The smallest absolute Gasteiger partial charge is 0.124 e. The summed E-state index contributed by atoms with van der Waals surface area (Å²) in [4.78, 5) is 12.1. The van der Waals surface area contributed by atoms with Gasteiger partial charge in [0.25, 0.3) is 0 Å². The van der Waals surface area contributed by atoms with Crippen molar-refractivity contribution in [1.82, 2.24) is 0 Å². The zero-order chi connectivity index (χ0) is 20.8. The lowest BCUT2D eigenvalue weighted by Gasteiger charge is -2.22. The number of aliphatic hydroxyl groups excluding tert-OH is 1. The highest BCUT2D eigenvalue weighted by molar-refractivity contribution is 7.31. The average Bonchev–Trinajstić information content (AvgIpc) is 3.20. The molecular formula is C23H26FO3PS. The molecule has 6 heteroatoms. The maximum Gasteiger partial charge on any atom is 0.124 e. The van der Waals surface area contributed by atoms with Crippen molar-refractivity contribution in [2.24, 2.45) is 0 Å². The second kappa shape index (κ2) is 10.4. The molecule has 3 aromatic rings. The number of rotatable bonds is 9. The minimum Gasteiger partial charge on any atom is -0.394 e. The first-order chi connectivity index (χ1) is 14.0. The van der Waals surface area contributed by atoms with Crippen molar-refractivity contribution in [3.8, 4) is 10.4 Å². The molecule has 3 unspecified atom stereocenters. The molecule has 154 valence electrons. The summed E-state index contributed by atoms with van der Waals surface area (Å²) < 4.78 is 19.0. The highest BCUT2D eigenvalue weighted by Gasteiger charge is 2.18. The van der Waals surface area contributed by atoms with Gasteiger partial charge in [-0.2, -0.15) is 0 Å². The van der Waals surface area contributed by atoms with Crippen LogP contribution in [-0.4, -0.2) is 22.7 Å². The molecule has 3 rings (SSSR count). The molecule has 1 aromatic heterocycles. The summed E-state index contributed by atoms with van der Waals surface area (Å²) in [6.07, 6.45) is 1.20. The summed E-state index contributed by atoms with van der Waals surface area (Å²) in [7, 11) is -0.391. The van der Waals surface area contributed by atoms with Gasteiger partial charge in [0.2, 0.25) is 0 Å². The van der Waals surface area contributed by atoms with Gasteiger partial charge in [0.05, 0.1) is 12.7 Å². The van der Waals surface area contributed by atoms with Crippen molar-refractivity contribution in [3.05, 3.63) is 82.0 Å². The fraction of sp³-hybridized carbons (Fsp3) is 0.304. The molecule has 2 aromatic carbocycles. The highest BCUT2D eigenvalue weighted by Crippen LogP contribution is 2.36. The van der Waals surface area contributed by atoms with Crippen molar-refractivity contribution < 1.29 is 19.1 Å². The fourth-order valence-electron chi connectivity index (χ4n) is 3.12. The van der Waals surface area contributed by atoms with Crippen LogP contribution in [0, 0.1) is 12.7 Å². The molecule has 0 amide bonds. The standard InChI is InChI=1S/C23H26FO3PS/c1-3-20(14-25)27-23(28-26)17-5-4-15(2)18(12-17)13-21-10-11-22(29-21)16-6-8-19(24)9-7-16/h4-12,20,23,25-26,28H,3,13-14H2,1-2H3. The van der Waals surface area contributed by atoms with E-state index < -0.39 is 14.7 Å². The molecule has 3 nitrogen and oxygen atoms in total. The second-order valence-electron chi connectivity index (χ2n) is 6.99. The molecule has 0 radical (unpaired) electrons. The second-order valence-corrected chi connectivity index (χ2v) is 8.94. The van der Waals surface area contributed by atoms with E-state index in [4.69, 9.17) is 4.74 Å². The Hall–Kier alpha value is -1.62. The molecule has 0 saturated carbocycles. The Morgan fingerprint density at radius 2 is 1.86 bits per heavy atom. The summed E-state index contributed by atoms with van der Waals surface area (Å²) in [5.74, 6) is -0.657. The molecule has 1 heterocycles. The van der Waals surface area contributed by atoms with Crippen molar-refractivity contribution in [1.29, 1.82) is 0 Å². The number of halogens is 1. The molecule has 0 spiro atoms. The summed E-state index contributed by atoms with van der Waals surface area (Å²) in [6.45, 7) is 3.97. The van der Waals surface area contributed by atoms with Crippen molar-refractivity contribution in [3.63, 3.8) is 0 Å². The van der Waals surface area contributed by atoms with Gasteiger partial charge >= 0.3 is 0 Å². The molecule has 3 atom stereocenters. The molecule has 29 heavy (non-hydrogen) atoms. The number of aliphatic hydroxyl groups is 1. The molecule has 0 aliphatic heterocycles. The highest BCUT2D eigenvalue weighted by atomic mass is 32.1.